The molecular formula is C16H27Cl2N5O. The van der Waals surface area contributed by atoms with Crippen LogP contribution in [0.4, 0.5) is 5.82 Å². The molecule has 2 N–H and O–H groups in total. The van der Waals surface area contributed by atoms with Crippen molar-refractivity contribution in [3.63, 3.8) is 0 Å². The molecule has 0 bridgehead atoms. The molecule has 6 nitrogen and oxygen atoms in total. The minimum Gasteiger partial charge on any atom is -0.354 e. The SMILES string of the molecule is Cl.Cl.O=C(CN1CCN(c2ccccn2)CC1)N[C@H]1CCCNC1. The maximum Gasteiger partial charge on any atom is 0.234 e. The minimum atomic E-state index is 0. The largest absolute Gasteiger partial charge is 0.354 e. The third-order valence-electron chi connectivity index (χ3n) is 4.37. The fourth-order valence-corrected chi connectivity index (χ4v) is 3.13. The molecule has 0 radical (unpaired) electrons. The molecular weight excluding hydrogens is 349 g/mol. The van der Waals surface area contributed by atoms with Gasteiger partial charge in [0.2, 0.25) is 5.91 Å². The number of nitrogens with zero attached hydrogens (tertiary/aromatic N) is 3. The van der Waals surface area contributed by atoms with Crippen molar-refractivity contribution < 1.29 is 4.79 Å². The van der Waals surface area contributed by atoms with Gasteiger partial charge in [-0.25, -0.2) is 4.98 Å². The highest BCUT2D eigenvalue weighted by atomic mass is 35.5. The first kappa shape index (κ1) is 21.0. The molecule has 0 saturated carbocycles. The van der Waals surface area contributed by atoms with Crippen LogP contribution in [-0.4, -0.2) is 67.6 Å². The van der Waals surface area contributed by atoms with Crippen LogP contribution < -0.4 is 15.5 Å². The number of rotatable bonds is 4. The first-order valence-electron chi connectivity index (χ1n) is 8.20. The van der Waals surface area contributed by atoms with E-state index < -0.39 is 0 Å². The quantitative estimate of drug-likeness (QED) is 0.818. The summed E-state index contributed by atoms with van der Waals surface area (Å²) in [6, 6.07) is 6.29. The summed E-state index contributed by atoms with van der Waals surface area (Å²) >= 11 is 0. The summed E-state index contributed by atoms with van der Waals surface area (Å²) in [5.74, 6) is 1.18. The molecule has 8 heteroatoms. The molecule has 0 aromatic carbocycles. The van der Waals surface area contributed by atoms with E-state index in [9.17, 15) is 4.79 Å². The summed E-state index contributed by atoms with van der Waals surface area (Å²) in [5.41, 5.74) is 0. The van der Waals surface area contributed by atoms with Gasteiger partial charge in [0, 0.05) is 45.0 Å². The minimum absolute atomic E-state index is 0. The number of pyridine rings is 1. The molecule has 1 aromatic heterocycles. The number of piperazine rings is 1. The Morgan fingerprint density at radius 1 is 1.25 bits per heavy atom. The van der Waals surface area contributed by atoms with Gasteiger partial charge in [-0.05, 0) is 31.5 Å². The van der Waals surface area contributed by atoms with Gasteiger partial charge < -0.3 is 15.5 Å². The fourth-order valence-electron chi connectivity index (χ4n) is 3.13. The zero-order chi connectivity index (χ0) is 15.2. The smallest absolute Gasteiger partial charge is 0.234 e. The molecule has 2 fully saturated rings. The van der Waals surface area contributed by atoms with E-state index in [-0.39, 0.29) is 30.7 Å². The third kappa shape index (κ3) is 6.09. The van der Waals surface area contributed by atoms with Crippen molar-refractivity contribution in [3.8, 4) is 0 Å². The maximum absolute atomic E-state index is 12.1. The normalized spacial score (nSPS) is 21.3. The molecule has 3 heterocycles. The number of piperidine rings is 1. The van der Waals surface area contributed by atoms with Crippen molar-refractivity contribution in [1.29, 1.82) is 0 Å². The Kier molecular flexibility index (Phi) is 9.36. The Morgan fingerprint density at radius 2 is 2.04 bits per heavy atom. The summed E-state index contributed by atoms with van der Waals surface area (Å²) in [6.07, 6.45) is 4.06. The second kappa shape index (κ2) is 10.7. The predicted octanol–water partition coefficient (Wildman–Crippen LogP) is 0.915. The van der Waals surface area contributed by atoms with Crippen LogP contribution in [0.1, 0.15) is 12.8 Å². The Bertz CT molecular complexity index is 477. The van der Waals surface area contributed by atoms with Crippen molar-refractivity contribution >= 4 is 36.5 Å². The lowest BCUT2D eigenvalue weighted by Crippen LogP contribution is -2.52. The van der Waals surface area contributed by atoms with Gasteiger partial charge in [0.25, 0.3) is 0 Å². The molecule has 0 unspecified atom stereocenters. The molecule has 136 valence electrons. The first-order chi connectivity index (χ1) is 10.8. The van der Waals surface area contributed by atoms with E-state index in [0.717, 1.165) is 57.9 Å². The Morgan fingerprint density at radius 3 is 2.67 bits per heavy atom. The van der Waals surface area contributed by atoms with Crippen LogP contribution in [0.2, 0.25) is 0 Å². The molecule has 3 rings (SSSR count). The standard InChI is InChI=1S/C16H25N5O.2ClH/c22-16(19-14-4-3-6-17-12-14)13-20-8-10-21(11-9-20)15-5-1-2-7-18-15;;/h1-2,5,7,14,17H,3-4,6,8-13H2,(H,19,22);2*1H/t14-;;/m0../s1. The Labute approximate surface area is 156 Å². The number of halogens is 2. The van der Waals surface area contributed by atoms with Gasteiger partial charge in [-0.2, -0.15) is 0 Å². The predicted molar refractivity (Wildman–Crippen MR) is 101 cm³/mol. The van der Waals surface area contributed by atoms with Crippen LogP contribution in [0.15, 0.2) is 24.4 Å². The van der Waals surface area contributed by atoms with Gasteiger partial charge in [-0.3, -0.25) is 9.69 Å². The highest BCUT2D eigenvalue weighted by molar-refractivity contribution is 5.85. The number of carbonyl (C=O) groups is 1. The highest BCUT2D eigenvalue weighted by Gasteiger charge is 2.21. The number of amides is 1. The van der Waals surface area contributed by atoms with E-state index in [1.54, 1.807) is 0 Å². The molecule has 2 saturated heterocycles. The second-order valence-corrected chi connectivity index (χ2v) is 6.06. The summed E-state index contributed by atoms with van der Waals surface area (Å²) < 4.78 is 0. The molecule has 1 aromatic rings. The number of hydrogen-bond donors (Lipinski definition) is 2. The van der Waals surface area contributed by atoms with Crippen LogP contribution in [0, 0.1) is 0 Å². The van der Waals surface area contributed by atoms with Gasteiger partial charge in [-0.15, -0.1) is 24.8 Å². The molecule has 2 aliphatic heterocycles. The molecule has 1 atom stereocenters. The van der Waals surface area contributed by atoms with Crippen LogP contribution >= 0.6 is 24.8 Å². The molecule has 0 aliphatic carbocycles. The topological polar surface area (TPSA) is 60.5 Å². The van der Waals surface area contributed by atoms with Crippen molar-refractivity contribution in [2.75, 3.05) is 50.7 Å². The van der Waals surface area contributed by atoms with E-state index in [1.165, 1.54) is 0 Å². The van der Waals surface area contributed by atoms with Crippen LogP contribution in [-0.2, 0) is 4.79 Å². The molecule has 0 spiro atoms. The summed E-state index contributed by atoms with van der Waals surface area (Å²) in [5, 5.41) is 6.47. The van der Waals surface area contributed by atoms with E-state index in [4.69, 9.17) is 0 Å². The van der Waals surface area contributed by atoms with E-state index in [0.29, 0.717) is 12.6 Å². The fraction of sp³-hybridized carbons (Fsp3) is 0.625. The van der Waals surface area contributed by atoms with Gasteiger partial charge >= 0.3 is 0 Å². The van der Waals surface area contributed by atoms with Crippen LogP contribution in [0.25, 0.3) is 0 Å². The Balaban J connectivity index is 0.00000144. The van der Waals surface area contributed by atoms with Gasteiger partial charge in [0.05, 0.1) is 6.54 Å². The number of aromatic nitrogens is 1. The van der Waals surface area contributed by atoms with E-state index >= 15 is 0 Å². The van der Waals surface area contributed by atoms with E-state index in [2.05, 4.69) is 25.4 Å². The van der Waals surface area contributed by atoms with E-state index in [1.807, 2.05) is 24.4 Å². The zero-order valence-electron chi connectivity index (χ0n) is 13.8. The number of anilines is 1. The number of nitrogens with one attached hydrogen (secondary N) is 2. The average molecular weight is 376 g/mol. The Hall–Kier alpha value is -1.08. The van der Waals surface area contributed by atoms with Crippen LogP contribution in [0.5, 0.6) is 0 Å². The second-order valence-electron chi connectivity index (χ2n) is 6.06. The van der Waals surface area contributed by atoms with Gasteiger partial charge in [0.1, 0.15) is 5.82 Å². The zero-order valence-corrected chi connectivity index (χ0v) is 15.5. The first-order valence-corrected chi connectivity index (χ1v) is 8.20. The lowest BCUT2D eigenvalue weighted by Gasteiger charge is -2.35. The number of carbonyl (C=O) groups excluding carboxylic acids is 1. The molecule has 1 amide bonds. The summed E-state index contributed by atoms with van der Waals surface area (Å²) in [7, 11) is 0. The van der Waals surface area contributed by atoms with Crippen molar-refractivity contribution in [1.82, 2.24) is 20.5 Å². The molecule has 24 heavy (non-hydrogen) atoms. The molecule has 2 aliphatic rings. The average Bonchev–Trinajstić information content (AvgIpc) is 2.57. The maximum atomic E-state index is 12.1. The van der Waals surface area contributed by atoms with Gasteiger partial charge in [0.15, 0.2) is 0 Å². The third-order valence-corrected chi connectivity index (χ3v) is 4.37. The summed E-state index contributed by atoms with van der Waals surface area (Å²) in [4.78, 5) is 21.0. The monoisotopic (exact) mass is 375 g/mol. The van der Waals surface area contributed by atoms with Crippen LogP contribution in [0.3, 0.4) is 0 Å². The highest BCUT2D eigenvalue weighted by Crippen LogP contribution is 2.12. The lowest BCUT2D eigenvalue weighted by molar-refractivity contribution is -0.123. The van der Waals surface area contributed by atoms with Crippen molar-refractivity contribution in [2.24, 2.45) is 0 Å². The summed E-state index contributed by atoms with van der Waals surface area (Å²) in [6.45, 7) is 6.15. The van der Waals surface area contributed by atoms with Crippen molar-refractivity contribution in [3.05, 3.63) is 24.4 Å². The van der Waals surface area contributed by atoms with Gasteiger partial charge in [-0.1, -0.05) is 6.07 Å². The lowest BCUT2D eigenvalue weighted by atomic mass is 10.1. The number of hydrogen-bond acceptors (Lipinski definition) is 5. The van der Waals surface area contributed by atoms with Crippen molar-refractivity contribution in [2.45, 2.75) is 18.9 Å².